The van der Waals surface area contributed by atoms with Gasteiger partial charge in [0.15, 0.2) is 5.82 Å². The van der Waals surface area contributed by atoms with Crippen molar-refractivity contribution in [1.82, 2.24) is 14.8 Å². The molecule has 0 aromatic carbocycles. The first-order chi connectivity index (χ1) is 7.02. The summed E-state index contributed by atoms with van der Waals surface area (Å²) in [7, 11) is 0. The summed E-state index contributed by atoms with van der Waals surface area (Å²) >= 11 is 0. The Morgan fingerprint density at radius 3 is 2.40 bits per heavy atom. The monoisotopic (exact) mass is 210 g/mol. The van der Waals surface area contributed by atoms with Crippen molar-refractivity contribution in [2.75, 3.05) is 6.54 Å². The van der Waals surface area contributed by atoms with Crippen LogP contribution in [0.3, 0.4) is 0 Å². The van der Waals surface area contributed by atoms with Gasteiger partial charge in [0.05, 0.1) is 0 Å². The van der Waals surface area contributed by atoms with Gasteiger partial charge < -0.3 is 5.73 Å². The number of aromatic nitrogens is 3. The van der Waals surface area contributed by atoms with Crippen LogP contribution in [0.2, 0.25) is 0 Å². The Kier molecular flexibility index (Phi) is 3.85. The van der Waals surface area contributed by atoms with Crippen LogP contribution < -0.4 is 5.73 Å². The van der Waals surface area contributed by atoms with Gasteiger partial charge in [0.2, 0.25) is 0 Å². The Bertz CT molecular complexity index is 314. The second kappa shape index (κ2) is 4.75. The Hall–Kier alpha value is -0.900. The van der Waals surface area contributed by atoms with E-state index in [9.17, 15) is 0 Å². The van der Waals surface area contributed by atoms with E-state index in [0.29, 0.717) is 6.54 Å². The van der Waals surface area contributed by atoms with Crippen LogP contribution in [-0.4, -0.2) is 21.3 Å². The number of nitrogens with two attached hydrogens (primary N) is 1. The van der Waals surface area contributed by atoms with Gasteiger partial charge in [-0.15, -0.1) is 0 Å². The van der Waals surface area contributed by atoms with Crippen LogP contribution in [0, 0.1) is 5.41 Å². The Morgan fingerprint density at radius 2 is 1.93 bits per heavy atom. The molecular weight excluding hydrogens is 188 g/mol. The van der Waals surface area contributed by atoms with Gasteiger partial charge in [-0.2, -0.15) is 5.10 Å². The quantitative estimate of drug-likeness (QED) is 0.799. The van der Waals surface area contributed by atoms with Crippen LogP contribution in [0.5, 0.6) is 0 Å². The fourth-order valence-electron chi connectivity index (χ4n) is 1.43. The maximum atomic E-state index is 5.72. The third-order valence-electron chi connectivity index (χ3n) is 2.56. The highest BCUT2D eigenvalue weighted by Crippen LogP contribution is 2.16. The molecule has 86 valence electrons. The van der Waals surface area contributed by atoms with Crippen molar-refractivity contribution in [3.63, 3.8) is 0 Å². The number of hydrogen-bond acceptors (Lipinski definition) is 3. The molecule has 0 aliphatic carbocycles. The Labute approximate surface area is 91.9 Å². The molecule has 0 unspecified atom stereocenters. The van der Waals surface area contributed by atoms with E-state index in [1.54, 1.807) is 0 Å². The summed E-state index contributed by atoms with van der Waals surface area (Å²) in [4.78, 5) is 4.48. The molecule has 0 saturated carbocycles. The lowest BCUT2D eigenvalue weighted by Crippen LogP contribution is -2.30. The molecule has 0 saturated heterocycles. The van der Waals surface area contributed by atoms with Crippen LogP contribution in [0.1, 0.15) is 39.3 Å². The van der Waals surface area contributed by atoms with Crippen molar-refractivity contribution in [1.29, 1.82) is 0 Å². The lowest BCUT2D eigenvalue weighted by molar-refractivity contribution is 0.296. The molecular formula is C11H22N4. The van der Waals surface area contributed by atoms with Crippen molar-refractivity contribution < 1.29 is 0 Å². The van der Waals surface area contributed by atoms with Crippen LogP contribution in [0.4, 0.5) is 0 Å². The topological polar surface area (TPSA) is 56.7 Å². The van der Waals surface area contributed by atoms with Gasteiger partial charge in [0.25, 0.3) is 0 Å². The highest BCUT2D eigenvalue weighted by Gasteiger charge is 2.19. The van der Waals surface area contributed by atoms with Crippen molar-refractivity contribution >= 4 is 0 Å². The second-order valence-corrected chi connectivity index (χ2v) is 4.68. The van der Waals surface area contributed by atoms with E-state index in [-0.39, 0.29) is 5.41 Å². The highest BCUT2D eigenvalue weighted by molar-refractivity contribution is 4.93. The van der Waals surface area contributed by atoms with Gasteiger partial charge in [0, 0.05) is 19.4 Å². The van der Waals surface area contributed by atoms with Crippen LogP contribution in [0.15, 0.2) is 0 Å². The number of rotatable bonds is 5. The van der Waals surface area contributed by atoms with Gasteiger partial charge in [-0.3, -0.25) is 0 Å². The lowest BCUT2D eigenvalue weighted by Gasteiger charge is -2.22. The van der Waals surface area contributed by atoms with E-state index in [2.05, 4.69) is 37.8 Å². The number of aryl methyl sites for hydroxylation is 2. The molecule has 1 heterocycles. The molecule has 15 heavy (non-hydrogen) atoms. The predicted octanol–water partition coefficient (Wildman–Crippen LogP) is 1.39. The first-order valence-electron chi connectivity index (χ1n) is 5.65. The molecule has 0 atom stereocenters. The maximum Gasteiger partial charge on any atom is 0.150 e. The molecule has 0 aliphatic heterocycles. The van der Waals surface area contributed by atoms with E-state index in [4.69, 9.17) is 5.73 Å². The molecule has 2 N–H and O–H groups in total. The summed E-state index contributed by atoms with van der Waals surface area (Å²) in [6.45, 7) is 10.00. The van der Waals surface area contributed by atoms with Gasteiger partial charge in [-0.1, -0.05) is 27.7 Å². The summed E-state index contributed by atoms with van der Waals surface area (Å²) in [6, 6.07) is 0. The molecule has 4 nitrogen and oxygen atoms in total. The number of hydrogen-bond donors (Lipinski definition) is 1. The smallest absolute Gasteiger partial charge is 0.150 e. The van der Waals surface area contributed by atoms with Crippen molar-refractivity contribution in [3.05, 3.63) is 11.6 Å². The van der Waals surface area contributed by atoms with E-state index < -0.39 is 0 Å². The van der Waals surface area contributed by atoms with E-state index in [1.165, 1.54) is 0 Å². The highest BCUT2D eigenvalue weighted by atomic mass is 15.3. The minimum absolute atomic E-state index is 0.0859. The summed E-state index contributed by atoms with van der Waals surface area (Å²) in [5.74, 6) is 1.99. The summed E-state index contributed by atoms with van der Waals surface area (Å²) in [6.07, 6.45) is 1.82. The average Bonchev–Trinajstić information content (AvgIpc) is 2.59. The average molecular weight is 210 g/mol. The van der Waals surface area contributed by atoms with Crippen LogP contribution in [0.25, 0.3) is 0 Å². The molecule has 0 amide bonds. The zero-order valence-corrected chi connectivity index (χ0v) is 10.2. The van der Waals surface area contributed by atoms with E-state index in [0.717, 1.165) is 31.0 Å². The van der Waals surface area contributed by atoms with E-state index in [1.807, 2.05) is 4.68 Å². The minimum Gasteiger partial charge on any atom is -0.330 e. The SMILES string of the molecule is CCc1nc(CC)n(CC(C)(C)CN)n1. The third-order valence-corrected chi connectivity index (χ3v) is 2.56. The van der Waals surface area contributed by atoms with Gasteiger partial charge >= 0.3 is 0 Å². The van der Waals surface area contributed by atoms with Gasteiger partial charge in [-0.25, -0.2) is 9.67 Å². The molecule has 1 aromatic rings. The summed E-state index contributed by atoms with van der Waals surface area (Å²) in [5.41, 5.74) is 5.81. The zero-order valence-electron chi connectivity index (χ0n) is 10.2. The first kappa shape index (κ1) is 12.2. The molecule has 4 heteroatoms. The molecule has 0 bridgehead atoms. The van der Waals surface area contributed by atoms with Crippen molar-refractivity contribution in [2.45, 2.75) is 47.1 Å². The standard InChI is InChI=1S/C11H22N4/c1-5-9-13-10(6-2)15(14-9)8-11(3,4)7-12/h5-8,12H2,1-4H3. The molecule has 1 aromatic heterocycles. The van der Waals surface area contributed by atoms with Gasteiger partial charge in [-0.05, 0) is 12.0 Å². The lowest BCUT2D eigenvalue weighted by atomic mass is 9.94. The largest absolute Gasteiger partial charge is 0.330 e. The van der Waals surface area contributed by atoms with Crippen molar-refractivity contribution in [2.24, 2.45) is 11.1 Å². The Morgan fingerprint density at radius 1 is 1.27 bits per heavy atom. The third kappa shape index (κ3) is 3.02. The first-order valence-corrected chi connectivity index (χ1v) is 5.65. The number of nitrogens with zero attached hydrogens (tertiary/aromatic N) is 3. The second-order valence-electron chi connectivity index (χ2n) is 4.68. The Balaban J connectivity index is 2.88. The molecule has 0 radical (unpaired) electrons. The van der Waals surface area contributed by atoms with Gasteiger partial charge in [0.1, 0.15) is 5.82 Å². The molecule has 1 rings (SSSR count). The minimum atomic E-state index is 0.0859. The van der Waals surface area contributed by atoms with Crippen molar-refractivity contribution in [3.8, 4) is 0 Å². The fourth-order valence-corrected chi connectivity index (χ4v) is 1.43. The zero-order chi connectivity index (χ0) is 11.5. The van der Waals surface area contributed by atoms with E-state index >= 15 is 0 Å². The molecule has 0 spiro atoms. The fraction of sp³-hybridized carbons (Fsp3) is 0.818. The van der Waals surface area contributed by atoms with Crippen LogP contribution >= 0.6 is 0 Å². The predicted molar refractivity (Wildman–Crippen MR) is 61.6 cm³/mol. The molecule has 0 aliphatic rings. The summed E-state index contributed by atoms with van der Waals surface area (Å²) in [5, 5.41) is 4.48. The van der Waals surface area contributed by atoms with Crippen LogP contribution in [-0.2, 0) is 19.4 Å². The normalized spacial score (nSPS) is 12.1. The summed E-state index contributed by atoms with van der Waals surface area (Å²) < 4.78 is 2.01. The molecule has 0 fully saturated rings. The maximum absolute atomic E-state index is 5.72.